The third-order valence-electron chi connectivity index (χ3n) is 4.28. The predicted molar refractivity (Wildman–Crippen MR) is 95.3 cm³/mol. The summed E-state index contributed by atoms with van der Waals surface area (Å²) in [6, 6.07) is 9.47. The van der Waals surface area contributed by atoms with E-state index >= 15 is 0 Å². The van der Waals surface area contributed by atoms with Gasteiger partial charge in [0.05, 0.1) is 6.61 Å². The Kier molecular flexibility index (Phi) is 5.53. The second-order valence-corrected chi connectivity index (χ2v) is 7.01. The number of ether oxygens (including phenoxy) is 5. The van der Waals surface area contributed by atoms with Gasteiger partial charge in [0, 0.05) is 13.8 Å². The van der Waals surface area contributed by atoms with E-state index < -0.39 is 42.1 Å². The Morgan fingerprint density at radius 2 is 1.78 bits per heavy atom. The largest absolute Gasteiger partial charge is 0.484 e. The number of hydrogen-bond acceptors (Lipinski definition) is 7. The van der Waals surface area contributed by atoms with E-state index in [1.54, 1.807) is 19.9 Å². The maximum atomic E-state index is 11.7. The molecule has 4 atom stereocenters. The van der Waals surface area contributed by atoms with Crippen LogP contribution in [0.2, 0.25) is 0 Å². The Morgan fingerprint density at radius 1 is 1.11 bits per heavy atom. The molecule has 0 aliphatic carbocycles. The van der Waals surface area contributed by atoms with E-state index in [0.717, 1.165) is 5.56 Å². The summed E-state index contributed by atoms with van der Waals surface area (Å²) in [7, 11) is 0. The van der Waals surface area contributed by atoms with Gasteiger partial charge in [-0.15, -0.1) is 0 Å². The van der Waals surface area contributed by atoms with Crippen LogP contribution in [-0.2, 0) is 33.3 Å². The molecule has 7 nitrogen and oxygen atoms in total. The van der Waals surface area contributed by atoms with E-state index in [9.17, 15) is 9.59 Å². The van der Waals surface area contributed by atoms with Gasteiger partial charge >= 0.3 is 11.9 Å². The summed E-state index contributed by atoms with van der Waals surface area (Å²) in [5, 5.41) is 0. The van der Waals surface area contributed by atoms with Crippen LogP contribution in [0.15, 0.2) is 36.1 Å². The van der Waals surface area contributed by atoms with Gasteiger partial charge in [0.1, 0.15) is 11.9 Å². The third-order valence-corrected chi connectivity index (χ3v) is 4.28. The molecule has 27 heavy (non-hydrogen) atoms. The van der Waals surface area contributed by atoms with Crippen molar-refractivity contribution in [1.82, 2.24) is 0 Å². The van der Waals surface area contributed by atoms with Gasteiger partial charge in [-0.3, -0.25) is 9.59 Å². The first-order valence-corrected chi connectivity index (χ1v) is 8.85. The molecule has 0 saturated carbocycles. The molecule has 0 aromatic heterocycles. The SMILES string of the molecule is CC(=O)O[C@H]1[C@@H]([C@H]2COC(C)(C)O2)O/C(=C\c2ccccc2)[C@@H]1OC(C)=O. The second kappa shape index (κ2) is 7.70. The van der Waals surface area contributed by atoms with Crippen LogP contribution in [0.1, 0.15) is 33.3 Å². The molecule has 2 saturated heterocycles. The predicted octanol–water partition coefficient (Wildman–Crippen LogP) is 2.44. The highest BCUT2D eigenvalue weighted by molar-refractivity contribution is 5.68. The van der Waals surface area contributed by atoms with Crippen molar-refractivity contribution in [2.45, 2.75) is 57.9 Å². The van der Waals surface area contributed by atoms with Crippen molar-refractivity contribution in [3.63, 3.8) is 0 Å². The topological polar surface area (TPSA) is 80.3 Å². The van der Waals surface area contributed by atoms with Gasteiger partial charge in [0.15, 0.2) is 24.1 Å². The van der Waals surface area contributed by atoms with E-state index in [1.165, 1.54) is 13.8 Å². The summed E-state index contributed by atoms with van der Waals surface area (Å²) in [4.78, 5) is 23.3. The second-order valence-electron chi connectivity index (χ2n) is 7.01. The fourth-order valence-corrected chi connectivity index (χ4v) is 3.24. The number of benzene rings is 1. The molecule has 3 rings (SSSR count). The smallest absolute Gasteiger partial charge is 0.303 e. The highest BCUT2D eigenvalue weighted by atomic mass is 16.8. The monoisotopic (exact) mass is 376 g/mol. The van der Waals surface area contributed by atoms with Crippen molar-refractivity contribution < 1.29 is 33.3 Å². The molecule has 0 amide bonds. The van der Waals surface area contributed by atoms with Crippen LogP contribution >= 0.6 is 0 Å². The van der Waals surface area contributed by atoms with E-state index in [0.29, 0.717) is 5.76 Å². The maximum Gasteiger partial charge on any atom is 0.303 e. The van der Waals surface area contributed by atoms with Crippen LogP contribution in [0.5, 0.6) is 0 Å². The molecule has 2 heterocycles. The number of esters is 2. The Labute approximate surface area is 158 Å². The van der Waals surface area contributed by atoms with Gasteiger partial charge in [0.25, 0.3) is 0 Å². The first kappa shape index (κ1) is 19.4. The molecule has 2 fully saturated rings. The van der Waals surface area contributed by atoms with Crippen molar-refractivity contribution in [2.75, 3.05) is 6.61 Å². The van der Waals surface area contributed by atoms with Crippen LogP contribution in [0.4, 0.5) is 0 Å². The number of hydrogen-bond donors (Lipinski definition) is 0. The zero-order valence-electron chi connectivity index (χ0n) is 15.8. The minimum atomic E-state index is -0.857. The molecule has 1 aromatic rings. The molecule has 2 aliphatic heterocycles. The summed E-state index contributed by atoms with van der Waals surface area (Å²) in [5.74, 6) is -1.35. The average Bonchev–Trinajstić information content (AvgIpc) is 3.09. The van der Waals surface area contributed by atoms with Gasteiger partial charge < -0.3 is 23.7 Å². The van der Waals surface area contributed by atoms with E-state index in [2.05, 4.69) is 0 Å². The Balaban J connectivity index is 1.94. The Morgan fingerprint density at radius 3 is 2.33 bits per heavy atom. The van der Waals surface area contributed by atoms with E-state index in [1.807, 2.05) is 30.3 Å². The fraction of sp³-hybridized carbons (Fsp3) is 0.500. The van der Waals surface area contributed by atoms with E-state index in [4.69, 9.17) is 23.7 Å². The minimum Gasteiger partial charge on any atom is -0.484 e. The standard InChI is InChI=1S/C20H24O7/c1-12(21)24-17-15(10-14-8-6-5-7-9-14)26-18(19(17)25-13(2)22)16-11-23-20(3,4)27-16/h5-10,16-19H,11H2,1-4H3/b15-10-/t16-,17+,18-,19-/m1/s1. The number of carbonyl (C=O) groups excluding carboxylic acids is 2. The highest BCUT2D eigenvalue weighted by Gasteiger charge is 2.53. The number of rotatable bonds is 4. The van der Waals surface area contributed by atoms with Crippen LogP contribution in [0.3, 0.4) is 0 Å². The zero-order valence-corrected chi connectivity index (χ0v) is 15.8. The van der Waals surface area contributed by atoms with Gasteiger partial charge in [-0.2, -0.15) is 0 Å². The minimum absolute atomic E-state index is 0.279. The lowest BCUT2D eigenvalue weighted by molar-refractivity contribution is -0.173. The van der Waals surface area contributed by atoms with Gasteiger partial charge in [0.2, 0.25) is 0 Å². The molecular formula is C20H24O7. The average molecular weight is 376 g/mol. The number of carbonyl (C=O) groups is 2. The van der Waals surface area contributed by atoms with Gasteiger partial charge in [-0.1, -0.05) is 30.3 Å². The van der Waals surface area contributed by atoms with Crippen molar-refractivity contribution in [3.05, 3.63) is 41.7 Å². The molecule has 7 heteroatoms. The molecule has 2 aliphatic rings. The van der Waals surface area contributed by atoms with Crippen molar-refractivity contribution in [3.8, 4) is 0 Å². The highest BCUT2D eigenvalue weighted by Crippen LogP contribution is 2.37. The van der Waals surface area contributed by atoms with Crippen LogP contribution < -0.4 is 0 Å². The first-order chi connectivity index (χ1) is 12.7. The summed E-state index contributed by atoms with van der Waals surface area (Å²) in [6.45, 7) is 6.48. The quantitative estimate of drug-likeness (QED) is 0.747. The lowest BCUT2D eigenvalue weighted by Gasteiger charge is -2.25. The van der Waals surface area contributed by atoms with Crippen molar-refractivity contribution >= 4 is 18.0 Å². The molecular weight excluding hydrogens is 352 g/mol. The summed E-state index contributed by atoms with van der Waals surface area (Å²) >= 11 is 0. The fourth-order valence-electron chi connectivity index (χ4n) is 3.24. The molecule has 0 N–H and O–H groups in total. The molecule has 146 valence electrons. The van der Waals surface area contributed by atoms with Gasteiger partial charge in [-0.25, -0.2) is 0 Å². The molecule has 1 aromatic carbocycles. The van der Waals surface area contributed by atoms with Gasteiger partial charge in [-0.05, 0) is 25.5 Å². The van der Waals surface area contributed by atoms with Crippen molar-refractivity contribution in [2.24, 2.45) is 0 Å². The van der Waals surface area contributed by atoms with Crippen LogP contribution in [0.25, 0.3) is 6.08 Å². The molecule has 0 radical (unpaired) electrons. The zero-order chi connectivity index (χ0) is 19.6. The van der Waals surface area contributed by atoms with Crippen molar-refractivity contribution in [1.29, 1.82) is 0 Å². The lowest BCUT2D eigenvalue weighted by atomic mass is 10.0. The summed E-state index contributed by atoms with van der Waals surface area (Å²) in [5.41, 5.74) is 0.871. The van der Waals surface area contributed by atoms with Crippen LogP contribution in [-0.4, -0.2) is 48.7 Å². The normalized spacial score (nSPS) is 30.7. The third kappa shape index (κ3) is 4.67. The lowest BCUT2D eigenvalue weighted by Crippen LogP contribution is -2.44. The summed E-state index contributed by atoms with van der Waals surface area (Å²) < 4.78 is 28.5. The Hall–Kier alpha value is -2.38. The molecule has 0 unspecified atom stereocenters. The van der Waals surface area contributed by atoms with Crippen LogP contribution in [0, 0.1) is 0 Å². The summed E-state index contributed by atoms with van der Waals surface area (Å²) in [6.07, 6.45) is -1.04. The molecule has 0 spiro atoms. The Bertz CT molecular complexity index is 725. The van der Waals surface area contributed by atoms with E-state index in [-0.39, 0.29) is 6.61 Å². The first-order valence-electron chi connectivity index (χ1n) is 8.85. The maximum absolute atomic E-state index is 11.7. The molecule has 0 bridgehead atoms.